The Kier molecular flexibility index (Phi) is 8.91. The van der Waals surface area contributed by atoms with E-state index in [4.69, 9.17) is 23.2 Å². The molecule has 0 N–H and O–H groups in total. The lowest BCUT2D eigenvalue weighted by atomic mass is 10.2. The molecule has 30 heavy (non-hydrogen) atoms. The van der Waals surface area contributed by atoms with Crippen LogP contribution in [0.2, 0.25) is 0 Å². The first-order chi connectivity index (χ1) is 14.4. The SMILES string of the molecule is Cc1ccc(SC(=C/C(Cl)=C(/Cl)Sc2ccc(C)cc2)Sc2ccc(C)cc2)cc1. The number of benzene rings is 3. The van der Waals surface area contributed by atoms with Crippen LogP contribution in [-0.4, -0.2) is 0 Å². The van der Waals surface area contributed by atoms with Crippen molar-refractivity contribution in [3.05, 3.63) is 109 Å². The topological polar surface area (TPSA) is 0 Å². The van der Waals surface area contributed by atoms with Crippen molar-refractivity contribution in [3.63, 3.8) is 0 Å². The minimum atomic E-state index is 0.538. The van der Waals surface area contributed by atoms with E-state index in [1.807, 2.05) is 6.08 Å². The third-order valence-electron chi connectivity index (χ3n) is 4.14. The summed E-state index contributed by atoms with van der Waals surface area (Å²) < 4.78 is 1.63. The standard InChI is InChI=1S/C25H22Cl2S3/c1-17-4-10-20(11-5-17)28-24(29-21-12-6-18(2)7-13-21)16-23(26)25(27)30-22-14-8-19(3)9-15-22/h4-16H,1-3H3/b25-23+. The molecule has 0 aliphatic carbocycles. The molecule has 3 aromatic rings. The molecular weight excluding hydrogens is 467 g/mol. The van der Waals surface area contributed by atoms with E-state index in [-0.39, 0.29) is 0 Å². The van der Waals surface area contributed by atoms with Crippen molar-refractivity contribution < 1.29 is 0 Å². The van der Waals surface area contributed by atoms with Gasteiger partial charge in [0.2, 0.25) is 0 Å². The summed E-state index contributed by atoms with van der Waals surface area (Å²) in [4.78, 5) is 3.40. The van der Waals surface area contributed by atoms with Gasteiger partial charge in [-0.2, -0.15) is 0 Å². The van der Waals surface area contributed by atoms with Gasteiger partial charge in [0.1, 0.15) is 0 Å². The van der Waals surface area contributed by atoms with Crippen molar-refractivity contribution in [1.82, 2.24) is 0 Å². The van der Waals surface area contributed by atoms with Gasteiger partial charge in [-0.15, -0.1) is 0 Å². The van der Waals surface area contributed by atoms with E-state index in [2.05, 4.69) is 93.6 Å². The fourth-order valence-corrected chi connectivity index (χ4v) is 5.86. The van der Waals surface area contributed by atoms with E-state index in [0.717, 1.165) is 9.13 Å². The zero-order chi connectivity index (χ0) is 21.5. The van der Waals surface area contributed by atoms with Gasteiger partial charge in [-0.25, -0.2) is 0 Å². The summed E-state index contributed by atoms with van der Waals surface area (Å²) in [5, 5.41) is 0.538. The van der Waals surface area contributed by atoms with Gasteiger partial charge in [0.05, 0.1) is 13.6 Å². The van der Waals surface area contributed by atoms with E-state index in [0.29, 0.717) is 9.40 Å². The van der Waals surface area contributed by atoms with Gasteiger partial charge in [-0.3, -0.25) is 0 Å². The molecule has 3 rings (SSSR count). The van der Waals surface area contributed by atoms with Gasteiger partial charge in [0.15, 0.2) is 0 Å². The average Bonchev–Trinajstić information content (AvgIpc) is 2.73. The maximum atomic E-state index is 6.61. The second-order valence-corrected chi connectivity index (χ2v) is 11.4. The Morgan fingerprint density at radius 3 is 1.27 bits per heavy atom. The lowest BCUT2D eigenvalue weighted by Gasteiger charge is -2.09. The van der Waals surface area contributed by atoms with Crippen molar-refractivity contribution >= 4 is 58.5 Å². The maximum absolute atomic E-state index is 6.61. The average molecular weight is 490 g/mol. The summed E-state index contributed by atoms with van der Waals surface area (Å²) in [5.41, 5.74) is 3.70. The molecule has 0 unspecified atom stereocenters. The summed E-state index contributed by atoms with van der Waals surface area (Å²) in [6, 6.07) is 25.2. The molecule has 0 aliphatic rings. The normalized spacial score (nSPS) is 11.8. The number of hydrogen-bond donors (Lipinski definition) is 0. The molecule has 0 saturated heterocycles. The zero-order valence-corrected chi connectivity index (χ0v) is 20.9. The first kappa shape index (κ1) is 23.4. The first-order valence-corrected chi connectivity index (χ1v) is 12.6. The van der Waals surface area contributed by atoms with Crippen LogP contribution in [0.1, 0.15) is 16.7 Å². The quantitative estimate of drug-likeness (QED) is 0.239. The molecule has 5 heteroatoms. The second kappa shape index (κ2) is 11.4. The lowest BCUT2D eigenvalue weighted by molar-refractivity contribution is 1.38. The lowest BCUT2D eigenvalue weighted by Crippen LogP contribution is -1.80. The Balaban J connectivity index is 1.85. The molecule has 0 amide bonds. The molecule has 0 aromatic heterocycles. The molecule has 0 nitrogen and oxygen atoms in total. The van der Waals surface area contributed by atoms with Crippen LogP contribution in [0, 0.1) is 20.8 Å². The Hall–Kier alpha value is -1.23. The third-order valence-corrected chi connectivity index (χ3v) is 8.14. The van der Waals surface area contributed by atoms with Gasteiger partial charge in [-0.1, -0.05) is 112 Å². The molecule has 3 aromatic carbocycles. The largest absolute Gasteiger partial charge is 0.0969 e. The zero-order valence-electron chi connectivity index (χ0n) is 17.0. The van der Waals surface area contributed by atoms with Crippen LogP contribution in [0.3, 0.4) is 0 Å². The van der Waals surface area contributed by atoms with Crippen LogP contribution in [0.25, 0.3) is 0 Å². The third kappa shape index (κ3) is 7.47. The fraction of sp³-hybridized carbons (Fsp3) is 0.120. The molecule has 0 bridgehead atoms. The molecule has 0 saturated carbocycles. The number of hydrogen-bond acceptors (Lipinski definition) is 3. The molecule has 0 atom stereocenters. The van der Waals surface area contributed by atoms with Gasteiger partial charge >= 0.3 is 0 Å². The summed E-state index contributed by atoms with van der Waals surface area (Å²) in [6.07, 6.45) is 1.96. The fourth-order valence-electron chi connectivity index (χ4n) is 2.44. The Morgan fingerprint density at radius 2 is 0.900 bits per heavy atom. The van der Waals surface area contributed by atoms with Crippen LogP contribution in [0.5, 0.6) is 0 Å². The first-order valence-electron chi connectivity index (χ1n) is 9.39. The number of rotatable bonds is 7. The number of aryl methyl sites for hydroxylation is 3. The minimum absolute atomic E-state index is 0.538. The van der Waals surface area contributed by atoms with Crippen LogP contribution >= 0.6 is 58.5 Å². The van der Waals surface area contributed by atoms with Crippen LogP contribution in [0.4, 0.5) is 0 Å². The summed E-state index contributed by atoms with van der Waals surface area (Å²) in [7, 11) is 0. The summed E-state index contributed by atoms with van der Waals surface area (Å²) >= 11 is 18.0. The molecule has 0 aliphatic heterocycles. The van der Waals surface area contributed by atoms with Crippen molar-refractivity contribution in [3.8, 4) is 0 Å². The van der Waals surface area contributed by atoms with E-state index < -0.39 is 0 Å². The van der Waals surface area contributed by atoms with E-state index >= 15 is 0 Å². The molecule has 0 spiro atoms. The van der Waals surface area contributed by atoms with Crippen LogP contribution < -0.4 is 0 Å². The van der Waals surface area contributed by atoms with Crippen molar-refractivity contribution in [2.75, 3.05) is 0 Å². The van der Waals surface area contributed by atoms with Crippen molar-refractivity contribution in [2.24, 2.45) is 0 Å². The molecule has 0 fully saturated rings. The van der Waals surface area contributed by atoms with Gasteiger partial charge in [0.25, 0.3) is 0 Å². The predicted octanol–water partition coefficient (Wildman–Crippen LogP) is 9.78. The van der Waals surface area contributed by atoms with E-state index in [9.17, 15) is 0 Å². The number of allylic oxidation sites excluding steroid dienone is 2. The highest BCUT2D eigenvalue weighted by molar-refractivity contribution is 8.22. The Bertz CT molecular complexity index is 986. The molecule has 154 valence electrons. The van der Waals surface area contributed by atoms with Gasteiger partial charge in [-0.05, 0) is 63.2 Å². The Morgan fingerprint density at radius 1 is 0.567 bits per heavy atom. The smallest absolute Gasteiger partial charge is 0.0827 e. The second-order valence-electron chi connectivity index (χ2n) is 6.83. The summed E-state index contributed by atoms with van der Waals surface area (Å²) in [5.74, 6) is 0. The highest BCUT2D eigenvalue weighted by atomic mass is 35.5. The molecular formula is C25H22Cl2S3. The van der Waals surface area contributed by atoms with E-state index in [1.165, 1.54) is 38.2 Å². The van der Waals surface area contributed by atoms with Gasteiger partial charge < -0.3 is 0 Å². The Labute approximate surface area is 202 Å². The van der Waals surface area contributed by atoms with Gasteiger partial charge in [0, 0.05) is 14.7 Å². The van der Waals surface area contributed by atoms with Crippen molar-refractivity contribution in [2.45, 2.75) is 35.5 Å². The van der Waals surface area contributed by atoms with Crippen LogP contribution in [-0.2, 0) is 0 Å². The monoisotopic (exact) mass is 488 g/mol. The van der Waals surface area contributed by atoms with Crippen LogP contribution in [0.15, 0.2) is 107 Å². The predicted molar refractivity (Wildman–Crippen MR) is 138 cm³/mol. The minimum Gasteiger partial charge on any atom is -0.0827 e. The highest BCUT2D eigenvalue weighted by Crippen LogP contribution is 2.42. The highest BCUT2D eigenvalue weighted by Gasteiger charge is 2.09. The summed E-state index contributed by atoms with van der Waals surface area (Å²) in [6.45, 7) is 6.25. The molecule has 0 heterocycles. The maximum Gasteiger partial charge on any atom is 0.0969 e. The van der Waals surface area contributed by atoms with E-state index in [1.54, 1.807) is 23.5 Å². The molecule has 0 radical (unpaired) electrons. The number of thioether (sulfide) groups is 3. The number of halogens is 2. The van der Waals surface area contributed by atoms with Crippen molar-refractivity contribution in [1.29, 1.82) is 0 Å².